The van der Waals surface area contributed by atoms with Crippen molar-refractivity contribution in [2.75, 3.05) is 13.7 Å². The summed E-state index contributed by atoms with van der Waals surface area (Å²) in [7, 11) is 1.55. The molecule has 2 heterocycles. The Balaban J connectivity index is 1.83. The number of benzene rings is 2. The summed E-state index contributed by atoms with van der Waals surface area (Å²) in [6.45, 7) is 2.70. The number of methoxy groups -OCH3 is 1. The Hall–Kier alpha value is -4.13. The van der Waals surface area contributed by atoms with Gasteiger partial charge in [0.1, 0.15) is 17.3 Å². The summed E-state index contributed by atoms with van der Waals surface area (Å²) in [6, 6.07) is 16.8. The first-order valence-electron chi connectivity index (χ1n) is 11.1. The monoisotopic (exact) mass is 458 g/mol. The molecule has 174 valence electrons. The summed E-state index contributed by atoms with van der Waals surface area (Å²) in [4.78, 5) is 32.0. The molecule has 1 saturated heterocycles. The number of hydrogen-bond donors (Lipinski definition) is 1. The number of aromatic nitrogens is 1. The molecule has 1 aliphatic rings. The third-order valence-corrected chi connectivity index (χ3v) is 5.61. The number of ketones is 1. The topological polar surface area (TPSA) is 89.0 Å². The van der Waals surface area contributed by atoms with Gasteiger partial charge >= 0.3 is 0 Å². The summed E-state index contributed by atoms with van der Waals surface area (Å²) in [5, 5.41) is 11.3. The second kappa shape index (κ2) is 10.2. The zero-order valence-electron chi connectivity index (χ0n) is 19.1. The van der Waals surface area contributed by atoms with Gasteiger partial charge in [-0.05, 0) is 47.9 Å². The molecule has 1 amide bonds. The van der Waals surface area contributed by atoms with E-state index in [1.54, 1.807) is 68.0 Å². The first-order chi connectivity index (χ1) is 16.5. The van der Waals surface area contributed by atoms with Gasteiger partial charge in [0, 0.05) is 24.5 Å². The predicted molar refractivity (Wildman–Crippen MR) is 127 cm³/mol. The van der Waals surface area contributed by atoms with E-state index in [4.69, 9.17) is 9.47 Å². The molecule has 0 radical (unpaired) electrons. The molecule has 1 aromatic heterocycles. The van der Waals surface area contributed by atoms with Crippen LogP contribution in [0, 0.1) is 0 Å². The van der Waals surface area contributed by atoms with E-state index in [0.29, 0.717) is 29.2 Å². The Labute approximate surface area is 198 Å². The lowest BCUT2D eigenvalue weighted by molar-refractivity contribution is -0.140. The Morgan fingerprint density at radius 3 is 2.59 bits per heavy atom. The maximum Gasteiger partial charge on any atom is 0.295 e. The molecule has 0 aliphatic carbocycles. The number of likely N-dealkylation sites (tertiary alicyclic amines) is 1. The van der Waals surface area contributed by atoms with Gasteiger partial charge in [0.25, 0.3) is 11.7 Å². The first-order valence-corrected chi connectivity index (χ1v) is 11.1. The minimum Gasteiger partial charge on any atom is -0.507 e. The maximum atomic E-state index is 13.2. The van der Waals surface area contributed by atoms with E-state index in [1.165, 1.54) is 4.90 Å². The zero-order chi connectivity index (χ0) is 24.1. The first kappa shape index (κ1) is 23.0. The van der Waals surface area contributed by atoms with Crippen molar-refractivity contribution in [1.29, 1.82) is 0 Å². The molecule has 1 fully saturated rings. The zero-order valence-corrected chi connectivity index (χ0v) is 19.1. The fourth-order valence-corrected chi connectivity index (χ4v) is 4.00. The number of carbonyl (C=O) groups is 2. The highest BCUT2D eigenvalue weighted by Gasteiger charge is 2.46. The van der Waals surface area contributed by atoms with Crippen LogP contribution in [0.4, 0.5) is 0 Å². The van der Waals surface area contributed by atoms with Crippen molar-refractivity contribution in [3.63, 3.8) is 0 Å². The third-order valence-electron chi connectivity index (χ3n) is 5.61. The van der Waals surface area contributed by atoms with Crippen LogP contribution in [0.1, 0.15) is 36.1 Å². The minimum atomic E-state index is -0.796. The van der Waals surface area contributed by atoms with Crippen LogP contribution in [0.5, 0.6) is 11.5 Å². The molecule has 7 nitrogen and oxygen atoms in total. The molecule has 4 rings (SSSR count). The summed E-state index contributed by atoms with van der Waals surface area (Å²) in [5.74, 6) is -0.514. The quantitative estimate of drug-likeness (QED) is 0.304. The van der Waals surface area contributed by atoms with E-state index < -0.39 is 17.7 Å². The molecule has 0 spiro atoms. The predicted octanol–water partition coefficient (Wildman–Crippen LogP) is 4.50. The van der Waals surface area contributed by atoms with Gasteiger partial charge in [-0.25, -0.2) is 0 Å². The average molecular weight is 459 g/mol. The normalized spacial score (nSPS) is 17.1. The van der Waals surface area contributed by atoms with Crippen molar-refractivity contribution in [3.8, 4) is 11.5 Å². The minimum absolute atomic E-state index is 0.0229. The Bertz CT molecular complexity index is 1220. The molecule has 0 bridgehead atoms. The van der Waals surface area contributed by atoms with Gasteiger partial charge in [0.05, 0.1) is 25.3 Å². The molecule has 1 unspecified atom stereocenters. The number of rotatable bonds is 8. The highest BCUT2D eigenvalue weighted by Crippen LogP contribution is 2.41. The SMILES string of the molecule is CCCOc1cccc(/C(O)=C2/C(=O)C(=O)N(Cc3cccnc3)C2c2cccc(OC)c2)c1. The standard InChI is InChI=1S/C27H26N2O5/c1-3-13-34-22-11-5-9-20(15-22)25(30)23-24(19-8-4-10-21(14-19)33-2)29(27(32)26(23)31)17-18-7-6-12-28-16-18/h4-12,14-16,24,30H,3,13,17H2,1-2H3/b25-23-. The number of Topliss-reactive ketones (excluding diaryl/α,β-unsaturated/α-hetero) is 1. The fourth-order valence-electron chi connectivity index (χ4n) is 4.00. The van der Waals surface area contributed by atoms with Gasteiger partial charge in [-0.2, -0.15) is 0 Å². The molecule has 7 heteroatoms. The van der Waals surface area contributed by atoms with Crippen molar-refractivity contribution in [3.05, 3.63) is 95.3 Å². The van der Waals surface area contributed by atoms with E-state index in [1.807, 2.05) is 19.1 Å². The second-order valence-corrected chi connectivity index (χ2v) is 7.94. The molecular weight excluding hydrogens is 432 g/mol. The maximum absolute atomic E-state index is 13.2. The number of aliphatic hydroxyl groups excluding tert-OH is 1. The number of pyridine rings is 1. The summed E-state index contributed by atoms with van der Waals surface area (Å²) in [6.07, 6.45) is 4.13. The van der Waals surface area contributed by atoms with Gasteiger partial charge in [0.2, 0.25) is 0 Å². The molecule has 34 heavy (non-hydrogen) atoms. The van der Waals surface area contributed by atoms with Crippen LogP contribution < -0.4 is 9.47 Å². The van der Waals surface area contributed by atoms with E-state index in [-0.39, 0.29) is 17.9 Å². The fraction of sp³-hybridized carbons (Fsp3) is 0.222. The van der Waals surface area contributed by atoms with E-state index in [0.717, 1.165) is 12.0 Å². The van der Waals surface area contributed by atoms with Crippen LogP contribution in [-0.4, -0.2) is 40.4 Å². The van der Waals surface area contributed by atoms with Crippen molar-refractivity contribution in [1.82, 2.24) is 9.88 Å². The largest absolute Gasteiger partial charge is 0.507 e. The number of nitrogens with zero attached hydrogens (tertiary/aromatic N) is 2. The van der Waals surface area contributed by atoms with Crippen molar-refractivity contribution >= 4 is 17.4 Å². The molecule has 1 N–H and O–H groups in total. The number of aliphatic hydroxyl groups is 1. The smallest absolute Gasteiger partial charge is 0.295 e. The van der Waals surface area contributed by atoms with Gasteiger partial charge in [-0.3, -0.25) is 14.6 Å². The van der Waals surface area contributed by atoms with Crippen molar-refractivity contribution in [2.45, 2.75) is 25.9 Å². The average Bonchev–Trinajstić information content (AvgIpc) is 3.12. The van der Waals surface area contributed by atoms with Crippen molar-refractivity contribution < 1.29 is 24.2 Å². The highest BCUT2D eigenvalue weighted by atomic mass is 16.5. The summed E-state index contributed by atoms with van der Waals surface area (Å²) < 4.78 is 11.0. The molecule has 1 atom stereocenters. The lowest BCUT2D eigenvalue weighted by Gasteiger charge is -2.25. The number of hydrogen-bond acceptors (Lipinski definition) is 6. The Morgan fingerprint density at radius 2 is 1.85 bits per heavy atom. The third kappa shape index (κ3) is 4.64. The summed E-state index contributed by atoms with van der Waals surface area (Å²) >= 11 is 0. The van der Waals surface area contributed by atoms with Crippen molar-refractivity contribution in [2.24, 2.45) is 0 Å². The van der Waals surface area contributed by atoms with E-state index in [9.17, 15) is 14.7 Å². The lowest BCUT2D eigenvalue weighted by atomic mass is 9.95. The second-order valence-electron chi connectivity index (χ2n) is 7.94. The Morgan fingerprint density at radius 1 is 1.06 bits per heavy atom. The van der Waals surface area contributed by atoms with Crippen LogP contribution in [0.25, 0.3) is 5.76 Å². The van der Waals surface area contributed by atoms with Crippen LogP contribution in [-0.2, 0) is 16.1 Å². The van der Waals surface area contributed by atoms with Gasteiger partial charge in [-0.15, -0.1) is 0 Å². The Kier molecular flexibility index (Phi) is 6.92. The molecule has 0 saturated carbocycles. The number of ether oxygens (including phenoxy) is 2. The van der Waals surface area contributed by atoms with Crippen LogP contribution in [0.2, 0.25) is 0 Å². The molecule has 1 aliphatic heterocycles. The van der Waals surface area contributed by atoms with Gasteiger partial charge in [-0.1, -0.05) is 37.3 Å². The van der Waals surface area contributed by atoms with Crippen LogP contribution in [0.3, 0.4) is 0 Å². The number of carbonyl (C=O) groups excluding carboxylic acids is 2. The molecular formula is C27H26N2O5. The highest BCUT2D eigenvalue weighted by molar-refractivity contribution is 6.46. The van der Waals surface area contributed by atoms with Crippen LogP contribution in [0.15, 0.2) is 78.6 Å². The number of amides is 1. The lowest BCUT2D eigenvalue weighted by Crippen LogP contribution is -2.29. The summed E-state index contributed by atoms with van der Waals surface area (Å²) in [5.41, 5.74) is 1.85. The molecule has 2 aromatic carbocycles. The van der Waals surface area contributed by atoms with Gasteiger partial charge < -0.3 is 19.5 Å². The van der Waals surface area contributed by atoms with E-state index >= 15 is 0 Å². The van der Waals surface area contributed by atoms with Gasteiger partial charge in [0.15, 0.2) is 0 Å². The van der Waals surface area contributed by atoms with E-state index in [2.05, 4.69) is 4.98 Å². The van der Waals surface area contributed by atoms with Crippen LogP contribution >= 0.6 is 0 Å². The molecule has 3 aromatic rings.